The molecule has 4 rings (SSSR count). The van der Waals surface area contributed by atoms with Gasteiger partial charge in [0.05, 0.1) is 11.9 Å². The van der Waals surface area contributed by atoms with Gasteiger partial charge in [-0.15, -0.1) is 10.2 Å². The zero-order chi connectivity index (χ0) is 26.4. The van der Waals surface area contributed by atoms with Crippen LogP contribution in [0.3, 0.4) is 0 Å². The Morgan fingerprint density at radius 3 is 2.68 bits per heavy atom. The second kappa shape index (κ2) is 11.6. The number of amides is 2. The van der Waals surface area contributed by atoms with Crippen molar-refractivity contribution in [2.45, 2.75) is 6.54 Å². The Kier molecular flexibility index (Phi) is 8.06. The van der Waals surface area contributed by atoms with Gasteiger partial charge in [-0.3, -0.25) is 4.98 Å². The molecular weight excluding hydrogens is 499 g/mol. The van der Waals surface area contributed by atoms with Gasteiger partial charge in [0.15, 0.2) is 17.4 Å². The molecular formula is C25H24ClFN8O2. The lowest BCUT2D eigenvalue weighted by Crippen LogP contribution is -2.31. The van der Waals surface area contributed by atoms with Crippen LogP contribution in [-0.2, 0) is 6.54 Å². The first kappa shape index (κ1) is 25.7. The highest BCUT2D eigenvalue weighted by Gasteiger charge is 2.16. The predicted octanol–water partition coefficient (Wildman–Crippen LogP) is 4.41. The van der Waals surface area contributed by atoms with Crippen LogP contribution in [0.5, 0.6) is 11.5 Å². The van der Waals surface area contributed by atoms with Crippen molar-refractivity contribution in [1.29, 1.82) is 0 Å². The van der Waals surface area contributed by atoms with Gasteiger partial charge in [-0.05, 0) is 50.0 Å². The molecule has 4 aromatic rings. The van der Waals surface area contributed by atoms with Gasteiger partial charge in [-0.25, -0.2) is 9.18 Å². The first-order valence-electron chi connectivity index (χ1n) is 11.2. The molecule has 2 aromatic carbocycles. The second-order valence-corrected chi connectivity index (χ2v) is 8.63. The summed E-state index contributed by atoms with van der Waals surface area (Å²) in [6, 6.07) is 13.1. The number of halogens is 2. The summed E-state index contributed by atoms with van der Waals surface area (Å²) in [6.45, 7) is 1.47. The fraction of sp³-hybridized carbons (Fsp3) is 0.160. The van der Waals surface area contributed by atoms with Gasteiger partial charge in [-0.2, -0.15) is 10.1 Å². The largest absolute Gasteiger partial charge is 0.454 e. The highest BCUT2D eigenvalue weighted by Crippen LogP contribution is 2.30. The Morgan fingerprint density at radius 1 is 1.19 bits per heavy atom. The minimum absolute atomic E-state index is 0.0546. The smallest absolute Gasteiger partial charge is 0.340 e. The minimum Gasteiger partial charge on any atom is -0.454 e. The van der Waals surface area contributed by atoms with Gasteiger partial charge in [0.1, 0.15) is 17.8 Å². The van der Waals surface area contributed by atoms with E-state index in [1.165, 1.54) is 18.3 Å². The molecule has 0 bridgehead atoms. The molecule has 2 heterocycles. The van der Waals surface area contributed by atoms with Gasteiger partial charge in [0.25, 0.3) is 0 Å². The highest BCUT2D eigenvalue weighted by molar-refractivity contribution is 6.30. The molecule has 37 heavy (non-hydrogen) atoms. The number of benzene rings is 2. The number of primary amides is 1. The zero-order valence-electron chi connectivity index (χ0n) is 20.1. The van der Waals surface area contributed by atoms with E-state index in [0.29, 0.717) is 34.4 Å². The molecule has 10 nitrogen and oxygen atoms in total. The Bertz CT molecular complexity index is 1410. The number of urea groups is 1. The number of aromatic nitrogens is 4. The van der Waals surface area contributed by atoms with Crippen LogP contribution in [0.2, 0.25) is 5.02 Å². The normalized spacial score (nSPS) is 11.3. The molecule has 2 amide bonds. The van der Waals surface area contributed by atoms with Gasteiger partial charge in [0.2, 0.25) is 0 Å². The quantitative estimate of drug-likeness (QED) is 0.257. The summed E-state index contributed by atoms with van der Waals surface area (Å²) in [4.78, 5) is 18.4. The third kappa shape index (κ3) is 6.66. The number of rotatable bonds is 9. The lowest BCUT2D eigenvalue weighted by atomic mass is 10.2. The van der Waals surface area contributed by atoms with Crippen molar-refractivity contribution >= 4 is 29.5 Å². The molecule has 0 spiro atoms. The summed E-state index contributed by atoms with van der Waals surface area (Å²) >= 11 is 5.88. The summed E-state index contributed by atoms with van der Waals surface area (Å²) in [5.74, 6) is 0.157. The van der Waals surface area contributed by atoms with Gasteiger partial charge in [-0.1, -0.05) is 23.7 Å². The molecule has 0 unspecified atom stereocenters. The molecule has 2 N–H and O–H groups in total. The summed E-state index contributed by atoms with van der Waals surface area (Å²) in [7, 11) is 3.95. The number of pyridine rings is 1. The number of carbonyl (C=O) groups excluding carboxylic acids is 1. The lowest BCUT2D eigenvalue weighted by molar-refractivity contribution is 0.254. The third-order valence-electron chi connectivity index (χ3n) is 5.15. The van der Waals surface area contributed by atoms with E-state index >= 15 is 0 Å². The van der Waals surface area contributed by atoms with E-state index < -0.39 is 11.8 Å². The van der Waals surface area contributed by atoms with E-state index in [0.717, 1.165) is 17.6 Å². The van der Waals surface area contributed by atoms with Crippen molar-refractivity contribution in [2.75, 3.05) is 25.6 Å². The van der Waals surface area contributed by atoms with Crippen LogP contribution in [-0.4, -0.2) is 57.5 Å². The van der Waals surface area contributed by atoms with Crippen molar-refractivity contribution in [1.82, 2.24) is 24.6 Å². The monoisotopic (exact) mass is 522 g/mol. The number of nitrogens with two attached hydrogens (primary N) is 1. The van der Waals surface area contributed by atoms with E-state index in [2.05, 4.69) is 20.3 Å². The van der Waals surface area contributed by atoms with E-state index in [1.54, 1.807) is 48.9 Å². The van der Waals surface area contributed by atoms with E-state index in [-0.39, 0.29) is 11.4 Å². The SMILES string of the molecule is CN(C)CCn1cnnc1-c1cc(Oc2ccc(N(/N=C/c3ccc(Cl)cc3)C(N)=O)cc2F)ccn1. The molecule has 0 aliphatic rings. The van der Waals surface area contributed by atoms with Crippen molar-refractivity contribution in [3.05, 3.63) is 83.5 Å². The van der Waals surface area contributed by atoms with E-state index in [4.69, 9.17) is 22.1 Å². The summed E-state index contributed by atoms with van der Waals surface area (Å²) in [5, 5.41) is 13.7. The topological polar surface area (TPSA) is 115 Å². The van der Waals surface area contributed by atoms with Gasteiger partial charge < -0.3 is 19.9 Å². The van der Waals surface area contributed by atoms with Crippen LogP contribution in [0.25, 0.3) is 11.5 Å². The van der Waals surface area contributed by atoms with Crippen LogP contribution < -0.4 is 15.5 Å². The van der Waals surface area contributed by atoms with E-state index in [9.17, 15) is 9.18 Å². The molecule has 0 atom stereocenters. The zero-order valence-corrected chi connectivity index (χ0v) is 20.9. The Morgan fingerprint density at radius 2 is 1.97 bits per heavy atom. The third-order valence-corrected chi connectivity index (χ3v) is 5.41. The summed E-state index contributed by atoms with van der Waals surface area (Å²) in [6.07, 6.45) is 4.59. The molecule has 0 aliphatic heterocycles. The van der Waals surface area contributed by atoms with E-state index in [1.807, 2.05) is 23.6 Å². The molecule has 190 valence electrons. The van der Waals surface area contributed by atoms with Gasteiger partial charge >= 0.3 is 6.03 Å². The predicted molar refractivity (Wildman–Crippen MR) is 139 cm³/mol. The maximum absolute atomic E-state index is 15.0. The molecule has 2 aromatic heterocycles. The number of anilines is 1. The number of likely N-dealkylation sites (N-methyl/N-ethyl adjacent to an activating group) is 1. The number of nitrogens with zero attached hydrogens (tertiary/aromatic N) is 7. The summed E-state index contributed by atoms with van der Waals surface area (Å²) in [5.41, 5.74) is 6.80. The summed E-state index contributed by atoms with van der Waals surface area (Å²) < 4.78 is 22.6. The molecule has 0 aliphatic carbocycles. The van der Waals surface area contributed by atoms with Crippen LogP contribution in [0.1, 0.15) is 5.56 Å². The lowest BCUT2D eigenvalue weighted by Gasteiger charge is -2.16. The average Bonchev–Trinajstić information content (AvgIpc) is 3.34. The Hall–Kier alpha value is -4.35. The standard InChI is InChI=1S/C25H24ClFN8O2/c1-33(2)11-12-34-16-30-32-24(34)22-14-20(9-10-29-22)37-23-8-7-19(13-21(23)27)35(25(28)36)31-15-17-3-5-18(26)6-4-17/h3-10,13-16H,11-12H2,1-2H3,(H2,28,36)/b31-15+. The highest BCUT2D eigenvalue weighted by atomic mass is 35.5. The van der Waals surface area contributed by atoms with Crippen molar-refractivity contribution in [2.24, 2.45) is 10.8 Å². The fourth-order valence-electron chi connectivity index (χ4n) is 3.28. The number of hydrogen-bond acceptors (Lipinski definition) is 7. The van der Waals surface area contributed by atoms with Crippen molar-refractivity contribution in [3.63, 3.8) is 0 Å². The average molecular weight is 523 g/mol. The molecule has 0 saturated carbocycles. The first-order chi connectivity index (χ1) is 17.8. The van der Waals surface area contributed by atoms with Crippen molar-refractivity contribution < 1.29 is 13.9 Å². The Labute approximate surface area is 217 Å². The first-order valence-corrected chi connectivity index (χ1v) is 11.5. The molecule has 12 heteroatoms. The van der Waals surface area contributed by atoms with Crippen LogP contribution in [0.15, 0.2) is 72.2 Å². The minimum atomic E-state index is -0.879. The molecule has 0 saturated heterocycles. The van der Waals surface area contributed by atoms with Crippen LogP contribution in [0, 0.1) is 5.82 Å². The molecule has 0 radical (unpaired) electrons. The maximum Gasteiger partial charge on any atom is 0.340 e. The number of ether oxygens (including phenoxy) is 1. The van der Waals surface area contributed by atoms with Crippen molar-refractivity contribution in [3.8, 4) is 23.0 Å². The number of hydrogen-bond donors (Lipinski definition) is 1. The molecule has 0 fully saturated rings. The number of hydrazone groups is 1. The van der Waals surface area contributed by atoms with Crippen LogP contribution >= 0.6 is 11.6 Å². The number of carbonyl (C=O) groups is 1. The second-order valence-electron chi connectivity index (χ2n) is 8.19. The van der Waals surface area contributed by atoms with Gasteiger partial charge in [0, 0.05) is 36.4 Å². The fourth-order valence-corrected chi connectivity index (χ4v) is 3.40. The Balaban J connectivity index is 1.52. The van der Waals surface area contributed by atoms with Crippen LogP contribution in [0.4, 0.5) is 14.9 Å². The maximum atomic E-state index is 15.0.